The Morgan fingerprint density at radius 3 is 0.823 bits per heavy atom. The molecule has 31 aromatic rings. The van der Waals surface area contributed by atoms with E-state index in [1.54, 1.807) is 0 Å². The number of furan rings is 2. The topological polar surface area (TPSA) is 130 Å². The van der Waals surface area contributed by atoms with Crippen molar-refractivity contribution in [2.45, 2.75) is 7.43 Å². The first-order chi connectivity index (χ1) is 64.0. The van der Waals surface area contributed by atoms with Crippen molar-refractivity contribution in [3.8, 4) is 39.8 Å². The summed E-state index contributed by atoms with van der Waals surface area (Å²) in [6.07, 6.45) is 0. The Labute approximate surface area is 735 Å². The molecule has 0 atom stereocenters. The number of para-hydroxylation sites is 19. The zero-order valence-corrected chi connectivity index (χ0v) is 68.6. The van der Waals surface area contributed by atoms with Gasteiger partial charge >= 0.3 is 0 Å². The summed E-state index contributed by atoms with van der Waals surface area (Å²) in [6, 6.07) is 140. The quantitative estimate of drug-likeness (QED) is 0.156. The van der Waals surface area contributed by atoms with Crippen LogP contribution in [-0.4, -0.2) is 69.5 Å². The van der Waals surface area contributed by atoms with Crippen LogP contribution in [0.15, 0.2) is 403 Å². The van der Waals surface area contributed by atoms with E-state index in [2.05, 4.69) is 438 Å². The molecule has 17 heteroatoms. The molecule has 0 saturated carbocycles. The molecule has 0 unspecified atom stereocenters. The second-order valence-electron chi connectivity index (χ2n) is 33.7. The molecule has 17 nitrogen and oxygen atoms in total. The van der Waals surface area contributed by atoms with Gasteiger partial charge in [-0.1, -0.05) is 208 Å². The first-order valence-electron chi connectivity index (χ1n) is 43.5. The number of imidazole rings is 8. The highest BCUT2D eigenvalue weighted by Gasteiger charge is 2.30. The Morgan fingerprint density at radius 1 is 0.169 bits per heavy atom. The van der Waals surface area contributed by atoms with Crippen LogP contribution in [0.5, 0.6) is 0 Å². The third-order valence-corrected chi connectivity index (χ3v) is 27.1. The molecule has 31 rings (SSSR count). The number of aromatic nitrogens is 15. The summed E-state index contributed by atoms with van der Waals surface area (Å²) in [4.78, 5) is 21.1. The van der Waals surface area contributed by atoms with Gasteiger partial charge in [-0.05, 0) is 194 Å². The van der Waals surface area contributed by atoms with E-state index in [0.717, 1.165) is 228 Å². The van der Waals surface area contributed by atoms with Gasteiger partial charge in [0.15, 0.2) is 11.2 Å². The van der Waals surface area contributed by atoms with Crippen LogP contribution in [0.2, 0.25) is 0 Å². The minimum absolute atomic E-state index is 0. The van der Waals surface area contributed by atoms with Gasteiger partial charge in [-0.15, -0.1) is 0 Å². The van der Waals surface area contributed by atoms with Crippen LogP contribution in [0.4, 0.5) is 0 Å². The molecule has 0 fully saturated rings. The van der Waals surface area contributed by atoms with Gasteiger partial charge in [0.1, 0.15) is 11.2 Å². The van der Waals surface area contributed by atoms with Crippen molar-refractivity contribution >= 4 is 221 Å². The summed E-state index contributed by atoms with van der Waals surface area (Å²) in [7, 11) is 0. The Hall–Kier alpha value is -18.0. The SMILES string of the molecule is C.c1ccc2c(c1)nc1n(-c3ccc4c(c3)c3ccccc3n4-c3cccc4c3oc3cccc(-n5c6ccc(-n7c8ccccc8n8c9ccccc9nc78)cc6n6c7ccccc7nc56)c34)c3ccccc3n21.c1ccc2c(c1)nc1n(-c3cccc4oc5c(-n6c7ccccc7c7ccccc76)cccc5c34)c3ccc(-n4c5ccccc5c5ccccc54)cc3n21. The molecule has 0 radical (unpaired) electrons. The normalized spacial score (nSPS) is 12.4. The predicted octanol–water partition coefficient (Wildman–Crippen LogP) is 28.1. The lowest BCUT2D eigenvalue weighted by atomic mass is 10.1. The summed E-state index contributed by atoms with van der Waals surface area (Å²) in [6.45, 7) is 0. The van der Waals surface area contributed by atoms with Crippen molar-refractivity contribution in [3.05, 3.63) is 394 Å². The van der Waals surface area contributed by atoms with E-state index in [9.17, 15) is 0 Å². The van der Waals surface area contributed by atoms with E-state index < -0.39 is 0 Å². The van der Waals surface area contributed by atoms with Crippen molar-refractivity contribution in [1.29, 1.82) is 0 Å². The molecule has 18 aromatic carbocycles. The molecule has 130 heavy (non-hydrogen) atoms. The van der Waals surface area contributed by atoms with E-state index in [4.69, 9.17) is 28.8 Å². The monoisotopic (exact) mass is 1670 g/mol. The van der Waals surface area contributed by atoms with Crippen LogP contribution < -0.4 is 0 Å². The van der Waals surface area contributed by atoms with Crippen molar-refractivity contribution < 1.29 is 8.83 Å². The van der Waals surface area contributed by atoms with E-state index in [0.29, 0.717) is 0 Å². The highest BCUT2D eigenvalue weighted by atomic mass is 16.3. The summed E-state index contributed by atoms with van der Waals surface area (Å²) < 4.78 is 39.5. The highest BCUT2D eigenvalue weighted by molar-refractivity contribution is 6.19. The second-order valence-corrected chi connectivity index (χ2v) is 33.7. The Balaban J connectivity index is 0.000000133. The van der Waals surface area contributed by atoms with Crippen LogP contribution in [0.25, 0.3) is 260 Å². The van der Waals surface area contributed by atoms with Gasteiger partial charge in [0.05, 0.1) is 161 Å². The average Bonchev–Trinajstić information content (AvgIpc) is 1.55. The van der Waals surface area contributed by atoms with Crippen molar-refractivity contribution in [3.63, 3.8) is 0 Å². The number of fused-ring (bicyclic) bond motifs is 35. The minimum atomic E-state index is 0. The lowest BCUT2D eigenvalue weighted by Gasteiger charge is -2.10. The van der Waals surface area contributed by atoms with Gasteiger partial charge in [-0.2, -0.15) is 0 Å². The number of nitrogens with zero attached hydrogens (tertiary/aromatic N) is 15. The van der Waals surface area contributed by atoms with E-state index in [1.165, 1.54) is 32.6 Å². The molecule has 13 aromatic heterocycles. The van der Waals surface area contributed by atoms with Crippen LogP contribution in [0.1, 0.15) is 7.43 Å². The van der Waals surface area contributed by atoms with Crippen LogP contribution >= 0.6 is 0 Å². The van der Waals surface area contributed by atoms with Crippen molar-refractivity contribution in [1.82, 2.24) is 69.5 Å². The zero-order valence-electron chi connectivity index (χ0n) is 68.6. The lowest BCUT2D eigenvalue weighted by Crippen LogP contribution is -1.98. The van der Waals surface area contributed by atoms with Gasteiger partial charge in [0, 0.05) is 54.5 Å². The summed E-state index contributed by atoms with van der Waals surface area (Å²) >= 11 is 0. The Kier molecular flexibility index (Phi) is 14.1. The molecule has 0 spiro atoms. The molecule has 0 aliphatic rings. The number of rotatable bonds is 7. The molecule has 13 heterocycles. The summed E-state index contributed by atoms with van der Waals surface area (Å²) in [5.41, 5.74) is 34.0. The Morgan fingerprint density at radius 2 is 0.431 bits per heavy atom. The summed E-state index contributed by atoms with van der Waals surface area (Å²) in [5, 5.41) is 11.4. The maximum absolute atomic E-state index is 7.12. The fourth-order valence-corrected chi connectivity index (χ4v) is 21.8. The fraction of sp³-hybridized carbons (Fsp3) is 0.00885. The highest BCUT2D eigenvalue weighted by Crippen LogP contribution is 2.47. The van der Waals surface area contributed by atoms with Gasteiger partial charge in [-0.3, -0.25) is 35.9 Å². The van der Waals surface area contributed by atoms with E-state index >= 15 is 0 Å². The average molecular weight is 1670 g/mol. The third kappa shape index (κ3) is 9.35. The molecule has 0 amide bonds. The van der Waals surface area contributed by atoms with Crippen molar-refractivity contribution in [2.24, 2.45) is 0 Å². The maximum Gasteiger partial charge on any atom is 0.220 e. The lowest BCUT2D eigenvalue weighted by molar-refractivity contribution is 0.666. The molecule has 0 aliphatic carbocycles. The van der Waals surface area contributed by atoms with Gasteiger partial charge in [-0.25, -0.2) is 19.9 Å². The smallest absolute Gasteiger partial charge is 0.220 e. The standard InChI is InChI=1S/C63H36N10O.C49H29N5O.CH4/c1-5-20-45-39(15-1)41-35-37(67-50-24-9-11-26-52(50)70-47-21-6-2-17-42(47)64-61(67)70)31-33-46(41)69(45)56-29-13-16-40-59-55(28-14-30-58(59)74-60(40)56)73-54-34-32-38(36-57(54)72-49-23-8-4-19-44(49)66-63(72)73)68-51-25-10-12-27-53(51)71-48-22-7-3-18-43(48)65-62(68)71;1-6-19-37-31(13-1)32-14-2-7-20-38(32)51(37)30-27-28-42-45(29-30)53-41-23-10-5-18-36(41)50-49(53)54(42)43-24-12-26-46-47(43)35-17-11-25-44(48(35)55-46)52-39-21-8-3-15-33(39)34-16-4-9-22-40(34)52;/h1-36H;1-29H;1H4. The first-order valence-corrected chi connectivity index (χ1v) is 43.5. The molecule has 0 N–H and O–H groups in total. The zero-order chi connectivity index (χ0) is 83.7. The number of hydrogen-bond donors (Lipinski definition) is 0. The van der Waals surface area contributed by atoms with Crippen molar-refractivity contribution in [2.75, 3.05) is 0 Å². The van der Waals surface area contributed by atoms with Crippen LogP contribution in [-0.2, 0) is 0 Å². The largest absolute Gasteiger partial charge is 0.454 e. The van der Waals surface area contributed by atoms with Gasteiger partial charge in [0.2, 0.25) is 23.1 Å². The van der Waals surface area contributed by atoms with E-state index in [-0.39, 0.29) is 7.43 Å². The van der Waals surface area contributed by atoms with Gasteiger partial charge in [0.25, 0.3) is 0 Å². The third-order valence-electron chi connectivity index (χ3n) is 27.1. The number of hydrogen-bond acceptors (Lipinski definition) is 6. The maximum atomic E-state index is 7.12. The molecule has 0 saturated heterocycles. The van der Waals surface area contributed by atoms with Crippen LogP contribution in [0, 0.1) is 0 Å². The minimum Gasteiger partial charge on any atom is -0.454 e. The van der Waals surface area contributed by atoms with Crippen LogP contribution in [0.3, 0.4) is 0 Å². The first kappa shape index (κ1) is 70.4. The number of benzene rings is 18. The summed E-state index contributed by atoms with van der Waals surface area (Å²) in [5.74, 6) is 3.43. The van der Waals surface area contributed by atoms with E-state index in [1.807, 2.05) is 6.07 Å². The van der Waals surface area contributed by atoms with Gasteiger partial charge < -0.3 is 22.5 Å². The molecule has 608 valence electrons. The second kappa shape index (κ2) is 26.1. The fourth-order valence-electron chi connectivity index (χ4n) is 21.8. The molecular formula is C113H69N15O2. The molecule has 0 bridgehead atoms. The Bertz CT molecular complexity index is 10300. The molecular weight excluding hydrogens is 1600 g/mol. The molecule has 0 aliphatic heterocycles. The predicted molar refractivity (Wildman–Crippen MR) is 530 cm³/mol.